The van der Waals surface area contributed by atoms with Gasteiger partial charge >= 0.3 is 0 Å². The lowest BCUT2D eigenvalue weighted by atomic mass is 10.0. The van der Waals surface area contributed by atoms with Crippen LogP contribution in [0.3, 0.4) is 0 Å². The number of pyridine rings is 1. The lowest BCUT2D eigenvalue weighted by molar-refractivity contribution is 0.622. The predicted octanol–water partition coefficient (Wildman–Crippen LogP) is 1.96. The van der Waals surface area contributed by atoms with Crippen molar-refractivity contribution in [3.8, 4) is 11.1 Å². The van der Waals surface area contributed by atoms with Crippen molar-refractivity contribution in [3.05, 3.63) is 54.0 Å². The molecule has 9 heteroatoms. The van der Waals surface area contributed by atoms with Crippen LogP contribution >= 0.6 is 12.6 Å². The Morgan fingerprint density at radius 1 is 1.20 bits per heavy atom. The van der Waals surface area contributed by atoms with Gasteiger partial charge in [-0.1, -0.05) is 6.07 Å². The van der Waals surface area contributed by atoms with Gasteiger partial charge in [-0.25, -0.2) is 9.07 Å². The Morgan fingerprint density at radius 3 is 2.72 bits per heavy atom. The molecular weight excluding hydrogens is 341 g/mol. The molecule has 0 radical (unpaired) electrons. The van der Waals surface area contributed by atoms with Crippen molar-refractivity contribution in [2.24, 2.45) is 7.05 Å². The molecular formula is C16H14FN7S. The van der Waals surface area contributed by atoms with E-state index in [0.29, 0.717) is 22.3 Å². The molecule has 3 aromatic heterocycles. The van der Waals surface area contributed by atoms with Crippen LogP contribution in [-0.2, 0) is 13.5 Å². The lowest BCUT2D eigenvalue weighted by Gasteiger charge is -2.07. The number of hydrogen-bond acceptors (Lipinski definition) is 6. The molecule has 1 aromatic carbocycles. The highest BCUT2D eigenvalue weighted by atomic mass is 32.1. The van der Waals surface area contributed by atoms with Gasteiger partial charge in [0.15, 0.2) is 5.82 Å². The summed E-state index contributed by atoms with van der Waals surface area (Å²) in [4.78, 5) is 4.35. The number of halogens is 1. The summed E-state index contributed by atoms with van der Waals surface area (Å²) in [5.74, 6) is 5.87. The van der Waals surface area contributed by atoms with Crippen molar-refractivity contribution in [3.63, 3.8) is 0 Å². The number of nitrogens with two attached hydrogens (primary N) is 1. The topological polar surface area (TPSA) is 87.4 Å². The fourth-order valence-electron chi connectivity index (χ4n) is 2.68. The molecule has 7 nitrogen and oxygen atoms in total. The number of fused-ring (bicyclic) bond motifs is 1. The zero-order chi connectivity index (χ0) is 17.6. The zero-order valence-electron chi connectivity index (χ0n) is 13.3. The van der Waals surface area contributed by atoms with Crippen LogP contribution in [0.5, 0.6) is 0 Å². The van der Waals surface area contributed by atoms with E-state index in [4.69, 9.17) is 5.84 Å². The van der Waals surface area contributed by atoms with Gasteiger partial charge in [-0.15, -0.1) is 22.8 Å². The Hall–Kier alpha value is -2.94. The van der Waals surface area contributed by atoms with Crippen molar-refractivity contribution in [1.29, 1.82) is 0 Å². The first-order chi connectivity index (χ1) is 12.0. The quantitative estimate of drug-likeness (QED) is 0.433. The minimum Gasteiger partial charge on any atom is -0.336 e. The first-order valence-electron chi connectivity index (χ1n) is 7.47. The molecule has 0 aliphatic heterocycles. The highest BCUT2D eigenvalue weighted by Gasteiger charge is 2.14. The number of hydrogen-bond donors (Lipinski definition) is 2. The highest BCUT2D eigenvalue weighted by Crippen LogP contribution is 2.26. The average Bonchev–Trinajstić information content (AvgIpc) is 3.18. The van der Waals surface area contributed by atoms with E-state index in [2.05, 4.69) is 32.9 Å². The van der Waals surface area contributed by atoms with Crippen LogP contribution in [0, 0.1) is 5.82 Å². The summed E-state index contributed by atoms with van der Waals surface area (Å²) in [5.41, 5.74) is 2.72. The Kier molecular flexibility index (Phi) is 3.65. The maximum atomic E-state index is 15.0. The average molecular weight is 355 g/mol. The molecule has 0 bridgehead atoms. The zero-order valence-corrected chi connectivity index (χ0v) is 14.2. The molecule has 0 aliphatic rings. The molecule has 0 saturated carbocycles. The first-order valence-corrected chi connectivity index (χ1v) is 7.92. The van der Waals surface area contributed by atoms with Crippen LogP contribution < -0.4 is 5.84 Å². The van der Waals surface area contributed by atoms with Gasteiger partial charge in [-0.05, 0) is 17.7 Å². The second-order valence-electron chi connectivity index (χ2n) is 5.70. The summed E-state index contributed by atoms with van der Waals surface area (Å²) in [6, 6.07) is 5.23. The van der Waals surface area contributed by atoms with Gasteiger partial charge in [0.2, 0.25) is 5.16 Å². The van der Waals surface area contributed by atoms with Gasteiger partial charge in [0.1, 0.15) is 5.82 Å². The second-order valence-corrected chi connectivity index (χ2v) is 6.10. The van der Waals surface area contributed by atoms with Gasteiger partial charge in [-0.2, -0.15) is 5.10 Å². The van der Waals surface area contributed by atoms with E-state index >= 15 is 4.39 Å². The summed E-state index contributed by atoms with van der Waals surface area (Å²) < 4.78 is 17.9. The number of benzene rings is 1. The molecule has 0 atom stereocenters. The van der Waals surface area contributed by atoms with Gasteiger partial charge in [0, 0.05) is 42.4 Å². The van der Waals surface area contributed by atoms with E-state index in [1.807, 2.05) is 13.2 Å². The number of aromatic nitrogens is 6. The second kappa shape index (κ2) is 5.85. The Balaban J connectivity index is 1.79. The molecule has 0 unspecified atom stereocenters. The van der Waals surface area contributed by atoms with Gasteiger partial charge < -0.3 is 5.84 Å². The fraction of sp³-hybridized carbons (Fsp3) is 0.125. The maximum absolute atomic E-state index is 15.0. The third-order valence-corrected chi connectivity index (χ3v) is 4.32. The summed E-state index contributed by atoms with van der Waals surface area (Å²) in [6.45, 7) is 0. The molecule has 25 heavy (non-hydrogen) atoms. The molecule has 0 aliphatic carbocycles. The van der Waals surface area contributed by atoms with Gasteiger partial charge in [0.05, 0.1) is 11.7 Å². The van der Waals surface area contributed by atoms with Crippen molar-refractivity contribution >= 4 is 23.5 Å². The molecule has 3 heterocycles. The molecule has 4 rings (SSSR count). The fourth-order valence-corrected chi connectivity index (χ4v) is 2.84. The van der Waals surface area contributed by atoms with E-state index in [-0.39, 0.29) is 17.4 Å². The van der Waals surface area contributed by atoms with Crippen LogP contribution in [-0.4, -0.2) is 29.6 Å². The van der Waals surface area contributed by atoms with E-state index < -0.39 is 0 Å². The van der Waals surface area contributed by atoms with E-state index in [9.17, 15) is 0 Å². The molecule has 0 fully saturated rings. The van der Waals surface area contributed by atoms with Crippen LogP contribution in [0.1, 0.15) is 11.4 Å². The van der Waals surface area contributed by atoms with Crippen LogP contribution in [0.2, 0.25) is 0 Å². The summed E-state index contributed by atoms with van der Waals surface area (Å²) >= 11 is 4.08. The van der Waals surface area contributed by atoms with Gasteiger partial charge in [0.25, 0.3) is 0 Å². The highest BCUT2D eigenvalue weighted by molar-refractivity contribution is 7.80. The Bertz CT molecular complexity index is 1090. The predicted molar refractivity (Wildman–Crippen MR) is 94.1 cm³/mol. The van der Waals surface area contributed by atoms with E-state index in [0.717, 1.165) is 11.1 Å². The largest absolute Gasteiger partial charge is 0.336 e. The number of nitrogen functional groups attached to an aromatic ring is 1. The van der Waals surface area contributed by atoms with Crippen molar-refractivity contribution in [1.82, 2.24) is 29.6 Å². The standard InChI is InChI=1S/C16H14FN7S/c1-23-8-11(7-20-23)10-4-12-13(19-6-10)3-2-9(15(12)17)5-14-21-22-16(25)24(14)18/h2-4,6-8H,5,18H2,1H3,(H,22,25). The van der Waals surface area contributed by atoms with Crippen LogP contribution in [0.4, 0.5) is 4.39 Å². The van der Waals surface area contributed by atoms with Crippen molar-refractivity contribution in [2.45, 2.75) is 11.6 Å². The molecule has 2 N–H and O–H groups in total. The summed E-state index contributed by atoms with van der Waals surface area (Å²) in [6.07, 6.45) is 5.50. The molecule has 4 aromatic rings. The molecule has 0 saturated heterocycles. The SMILES string of the molecule is Cn1cc(-c2cnc3ccc(Cc4nnc(S)n4N)c(F)c3c2)cn1. The third-order valence-electron chi connectivity index (χ3n) is 4.01. The van der Waals surface area contributed by atoms with E-state index in [1.54, 1.807) is 35.3 Å². The number of thiol groups is 1. The minimum absolute atomic E-state index is 0.211. The smallest absolute Gasteiger partial charge is 0.206 e. The molecule has 0 spiro atoms. The van der Waals surface area contributed by atoms with Crippen LogP contribution in [0.15, 0.2) is 41.9 Å². The number of nitrogens with zero attached hydrogens (tertiary/aromatic N) is 6. The minimum atomic E-state index is -0.348. The Morgan fingerprint density at radius 2 is 2.04 bits per heavy atom. The molecule has 126 valence electrons. The summed E-state index contributed by atoms with van der Waals surface area (Å²) in [5, 5.41) is 12.5. The van der Waals surface area contributed by atoms with E-state index in [1.165, 1.54) is 4.68 Å². The Labute approximate surface area is 147 Å². The van der Waals surface area contributed by atoms with Crippen molar-refractivity contribution in [2.75, 3.05) is 5.84 Å². The lowest BCUT2D eigenvalue weighted by Crippen LogP contribution is -2.14. The van der Waals surface area contributed by atoms with Crippen molar-refractivity contribution < 1.29 is 4.39 Å². The molecule has 0 amide bonds. The third kappa shape index (κ3) is 2.72. The normalized spacial score (nSPS) is 11.3. The summed E-state index contributed by atoms with van der Waals surface area (Å²) in [7, 11) is 1.83. The van der Waals surface area contributed by atoms with Crippen LogP contribution in [0.25, 0.3) is 22.0 Å². The maximum Gasteiger partial charge on any atom is 0.206 e. The van der Waals surface area contributed by atoms with Gasteiger partial charge in [-0.3, -0.25) is 9.67 Å². The number of aryl methyl sites for hydroxylation is 1. The monoisotopic (exact) mass is 355 g/mol. The number of rotatable bonds is 3. The first kappa shape index (κ1) is 15.6.